The summed E-state index contributed by atoms with van der Waals surface area (Å²) < 4.78 is 0.517. The summed E-state index contributed by atoms with van der Waals surface area (Å²) in [6, 6.07) is 8.03. The van der Waals surface area contributed by atoms with Gasteiger partial charge in [0.15, 0.2) is 5.57 Å². The maximum Gasteiger partial charge on any atom is 0.163 e. The third-order valence-electron chi connectivity index (χ3n) is 1.84. The molecule has 0 atom stereocenters. The van der Waals surface area contributed by atoms with Crippen LogP contribution in [0, 0.1) is 34.0 Å². The molecular weight excluding hydrogens is 339 g/mol. The molecule has 4 nitrogen and oxygen atoms in total. The van der Waals surface area contributed by atoms with Crippen molar-refractivity contribution in [2.45, 2.75) is 0 Å². The smallest absolute Gasteiger partial charge is 0.163 e. The highest BCUT2D eigenvalue weighted by Crippen LogP contribution is 2.34. The number of halogens is 3. The molecule has 0 fully saturated rings. The van der Waals surface area contributed by atoms with Crippen LogP contribution >= 0.6 is 39.1 Å². The summed E-state index contributed by atoms with van der Waals surface area (Å²) >= 11 is 15.0. The highest BCUT2D eigenvalue weighted by atomic mass is 79.9. The topological polar surface area (TPSA) is 83.4 Å². The fourth-order valence-electron chi connectivity index (χ4n) is 1.07. The number of rotatable bonds is 2. The lowest BCUT2D eigenvalue weighted by atomic mass is 10.2. The molecule has 1 aromatic rings. The van der Waals surface area contributed by atoms with E-state index in [4.69, 9.17) is 39.0 Å². The SMILES string of the molecule is N#CC(C#N)=C(C#N)Nc1c(Cl)cc(Cl)cc1Br. The van der Waals surface area contributed by atoms with Crippen molar-refractivity contribution in [3.63, 3.8) is 0 Å². The Labute approximate surface area is 122 Å². The van der Waals surface area contributed by atoms with Gasteiger partial charge in [-0.3, -0.25) is 0 Å². The zero-order chi connectivity index (χ0) is 13.7. The summed E-state index contributed by atoms with van der Waals surface area (Å²) in [6.45, 7) is 0. The van der Waals surface area contributed by atoms with Crippen LogP contribution in [0.2, 0.25) is 10.0 Å². The lowest BCUT2D eigenvalue weighted by molar-refractivity contribution is 1.37. The van der Waals surface area contributed by atoms with E-state index in [0.29, 0.717) is 15.2 Å². The second-order valence-electron chi connectivity index (χ2n) is 2.95. The van der Waals surface area contributed by atoms with Crippen molar-refractivity contribution in [3.8, 4) is 18.2 Å². The number of nitrogens with zero attached hydrogens (tertiary/aromatic N) is 3. The van der Waals surface area contributed by atoms with Crippen molar-refractivity contribution in [2.24, 2.45) is 0 Å². The van der Waals surface area contributed by atoms with E-state index >= 15 is 0 Å². The number of hydrogen-bond acceptors (Lipinski definition) is 4. The number of allylic oxidation sites excluding steroid dienone is 2. The van der Waals surface area contributed by atoms with Crippen molar-refractivity contribution in [1.82, 2.24) is 0 Å². The summed E-state index contributed by atoms with van der Waals surface area (Å²) in [5.41, 5.74) is -0.138. The molecule has 1 N–H and O–H groups in total. The van der Waals surface area contributed by atoms with E-state index in [1.165, 1.54) is 6.07 Å². The first kappa shape index (κ1) is 14.4. The second-order valence-corrected chi connectivity index (χ2v) is 4.65. The summed E-state index contributed by atoms with van der Waals surface area (Å²) in [4.78, 5) is 0. The van der Waals surface area contributed by atoms with Crippen LogP contribution in [-0.4, -0.2) is 0 Å². The average molecular weight is 342 g/mol. The van der Waals surface area contributed by atoms with Crippen LogP contribution in [0.4, 0.5) is 5.69 Å². The quantitative estimate of drug-likeness (QED) is 0.824. The monoisotopic (exact) mass is 340 g/mol. The van der Waals surface area contributed by atoms with Gasteiger partial charge < -0.3 is 5.32 Å². The summed E-state index contributed by atoms with van der Waals surface area (Å²) in [5, 5.41) is 29.6. The molecule has 0 spiro atoms. The Morgan fingerprint density at radius 3 is 2.17 bits per heavy atom. The van der Waals surface area contributed by atoms with Gasteiger partial charge in [-0.2, -0.15) is 15.8 Å². The van der Waals surface area contributed by atoms with E-state index in [9.17, 15) is 0 Å². The molecule has 0 unspecified atom stereocenters. The van der Waals surface area contributed by atoms with Crippen LogP contribution in [0.1, 0.15) is 0 Å². The van der Waals surface area contributed by atoms with Gasteiger partial charge in [0.05, 0.1) is 10.7 Å². The second kappa shape index (κ2) is 6.28. The van der Waals surface area contributed by atoms with Crippen LogP contribution in [0.15, 0.2) is 27.9 Å². The van der Waals surface area contributed by atoms with Gasteiger partial charge in [0, 0.05) is 9.50 Å². The number of hydrogen-bond donors (Lipinski definition) is 1. The zero-order valence-corrected chi connectivity index (χ0v) is 11.7. The van der Waals surface area contributed by atoms with Crippen LogP contribution < -0.4 is 5.32 Å². The lowest BCUT2D eigenvalue weighted by Crippen LogP contribution is -2.02. The number of anilines is 1. The molecule has 0 aliphatic heterocycles. The van der Waals surface area contributed by atoms with Gasteiger partial charge in [0.1, 0.15) is 23.9 Å². The van der Waals surface area contributed by atoms with Gasteiger partial charge in [-0.05, 0) is 28.1 Å². The van der Waals surface area contributed by atoms with Gasteiger partial charge in [-0.25, -0.2) is 0 Å². The molecule has 0 saturated carbocycles. The molecule has 7 heteroatoms. The standard InChI is InChI=1S/C11H3BrCl2N4/c12-8-1-7(13)2-9(14)11(8)18-10(5-17)6(3-15)4-16/h1-2,18H. The molecule has 0 aromatic heterocycles. The largest absolute Gasteiger partial charge is 0.343 e. The molecule has 88 valence electrons. The van der Waals surface area contributed by atoms with Crippen LogP contribution in [-0.2, 0) is 0 Å². The molecule has 0 aliphatic carbocycles. The van der Waals surface area contributed by atoms with Crippen molar-refractivity contribution >= 4 is 44.8 Å². The number of benzene rings is 1. The normalized spacial score (nSPS) is 8.67. The lowest BCUT2D eigenvalue weighted by Gasteiger charge is -2.09. The van der Waals surface area contributed by atoms with Crippen LogP contribution in [0.5, 0.6) is 0 Å². The predicted molar refractivity (Wildman–Crippen MR) is 71.6 cm³/mol. The highest BCUT2D eigenvalue weighted by molar-refractivity contribution is 9.10. The van der Waals surface area contributed by atoms with E-state index in [2.05, 4.69) is 21.2 Å². The van der Waals surface area contributed by atoms with E-state index in [1.807, 2.05) is 0 Å². The Hall–Kier alpha value is -1.71. The first-order chi connectivity index (χ1) is 8.53. The molecule has 0 amide bonds. The van der Waals surface area contributed by atoms with E-state index in [0.717, 1.165) is 0 Å². The molecular formula is C11H3BrCl2N4. The first-order valence-corrected chi connectivity index (χ1v) is 5.94. The minimum absolute atomic E-state index is 0.176. The van der Waals surface area contributed by atoms with Crippen molar-refractivity contribution < 1.29 is 0 Å². The van der Waals surface area contributed by atoms with E-state index in [1.54, 1.807) is 24.3 Å². The molecule has 0 bridgehead atoms. The third kappa shape index (κ3) is 3.15. The zero-order valence-electron chi connectivity index (χ0n) is 8.63. The predicted octanol–water partition coefficient (Wildman–Crippen LogP) is 3.99. The Kier molecular flexibility index (Phi) is 5.01. The Bertz CT molecular complexity index is 607. The molecule has 18 heavy (non-hydrogen) atoms. The van der Waals surface area contributed by atoms with E-state index < -0.39 is 0 Å². The van der Waals surface area contributed by atoms with Gasteiger partial charge in [0.2, 0.25) is 0 Å². The minimum atomic E-state index is -0.324. The molecule has 0 radical (unpaired) electrons. The van der Waals surface area contributed by atoms with Crippen LogP contribution in [0.25, 0.3) is 0 Å². The third-order valence-corrected chi connectivity index (χ3v) is 2.98. The molecule has 0 heterocycles. The van der Waals surface area contributed by atoms with Crippen molar-refractivity contribution in [2.75, 3.05) is 5.32 Å². The highest BCUT2D eigenvalue weighted by Gasteiger charge is 2.12. The first-order valence-electron chi connectivity index (χ1n) is 4.39. The van der Waals surface area contributed by atoms with Gasteiger partial charge in [0.25, 0.3) is 0 Å². The fourth-order valence-corrected chi connectivity index (χ4v) is 2.42. The maximum atomic E-state index is 8.90. The Balaban J connectivity index is 3.30. The molecule has 0 saturated heterocycles. The maximum absolute atomic E-state index is 8.90. The Morgan fingerprint density at radius 1 is 1.11 bits per heavy atom. The fraction of sp³-hybridized carbons (Fsp3) is 0. The van der Waals surface area contributed by atoms with Crippen LogP contribution in [0.3, 0.4) is 0 Å². The van der Waals surface area contributed by atoms with E-state index in [-0.39, 0.29) is 16.3 Å². The molecule has 0 aliphatic rings. The van der Waals surface area contributed by atoms with Gasteiger partial charge in [-0.15, -0.1) is 0 Å². The Morgan fingerprint density at radius 2 is 1.72 bits per heavy atom. The van der Waals surface area contributed by atoms with Crippen molar-refractivity contribution in [3.05, 3.63) is 37.9 Å². The molecule has 1 rings (SSSR count). The van der Waals surface area contributed by atoms with Crippen molar-refractivity contribution in [1.29, 1.82) is 15.8 Å². The van der Waals surface area contributed by atoms with Gasteiger partial charge in [-0.1, -0.05) is 23.2 Å². The molecule has 1 aromatic carbocycles. The summed E-state index contributed by atoms with van der Waals surface area (Å²) in [5.74, 6) is 0. The number of nitriles is 3. The average Bonchev–Trinajstić information content (AvgIpc) is 2.32. The summed E-state index contributed by atoms with van der Waals surface area (Å²) in [7, 11) is 0. The van der Waals surface area contributed by atoms with Gasteiger partial charge >= 0.3 is 0 Å². The minimum Gasteiger partial charge on any atom is -0.343 e. The number of nitrogens with one attached hydrogen (secondary N) is 1. The summed E-state index contributed by atoms with van der Waals surface area (Å²) in [6.07, 6.45) is 0.